The molecule has 164 valence electrons. The van der Waals surface area contributed by atoms with Gasteiger partial charge in [0.1, 0.15) is 11.3 Å². The number of pyridine rings is 1. The molecule has 1 aromatic heterocycles. The first-order valence-electron chi connectivity index (χ1n) is 9.24. The number of aromatic nitrogens is 1. The topological polar surface area (TPSA) is 113 Å². The van der Waals surface area contributed by atoms with Gasteiger partial charge in [-0.1, -0.05) is 0 Å². The normalized spacial score (nSPS) is 11.1. The van der Waals surface area contributed by atoms with Gasteiger partial charge >= 0.3 is 5.97 Å². The average Bonchev–Trinajstić information content (AvgIpc) is 2.78. The summed E-state index contributed by atoms with van der Waals surface area (Å²) >= 11 is 0. The first-order valence-corrected chi connectivity index (χ1v) is 10.7. The lowest BCUT2D eigenvalue weighted by atomic mass is 10.1. The van der Waals surface area contributed by atoms with Crippen molar-refractivity contribution < 1.29 is 32.2 Å². The SMILES string of the molecule is CCOc1ccc(S(=O)(=O)Nc2cc(OC)c(OC)cc2C(=O)OC)c2cccnc12. The molecule has 0 saturated carbocycles. The van der Waals surface area contributed by atoms with Gasteiger partial charge in [0.25, 0.3) is 10.0 Å². The maximum atomic E-state index is 13.3. The molecule has 0 aliphatic rings. The van der Waals surface area contributed by atoms with Crippen molar-refractivity contribution in [2.75, 3.05) is 32.7 Å². The quantitative estimate of drug-likeness (QED) is 0.525. The fraction of sp³-hybridized carbons (Fsp3) is 0.238. The van der Waals surface area contributed by atoms with Crippen molar-refractivity contribution in [2.24, 2.45) is 0 Å². The fourth-order valence-corrected chi connectivity index (χ4v) is 4.34. The molecule has 0 atom stereocenters. The molecule has 2 aromatic carbocycles. The van der Waals surface area contributed by atoms with Crippen LogP contribution in [0.1, 0.15) is 17.3 Å². The molecule has 0 fully saturated rings. The Morgan fingerprint density at radius 3 is 2.39 bits per heavy atom. The molecular formula is C21H22N2O7S. The first-order chi connectivity index (χ1) is 14.9. The van der Waals surface area contributed by atoms with Gasteiger partial charge in [0.05, 0.1) is 44.1 Å². The Labute approximate surface area is 180 Å². The van der Waals surface area contributed by atoms with Gasteiger partial charge in [-0.25, -0.2) is 13.2 Å². The molecule has 0 spiro atoms. The van der Waals surface area contributed by atoms with Crippen LogP contribution in [0.4, 0.5) is 5.69 Å². The molecule has 0 aliphatic heterocycles. The molecule has 3 rings (SSSR count). The molecular weight excluding hydrogens is 424 g/mol. The van der Waals surface area contributed by atoms with Crippen LogP contribution in [0.2, 0.25) is 0 Å². The van der Waals surface area contributed by atoms with Gasteiger partial charge in [0.15, 0.2) is 11.5 Å². The van der Waals surface area contributed by atoms with Crippen LogP contribution in [0.25, 0.3) is 10.9 Å². The lowest BCUT2D eigenvalue weighted by Gasteiger charge is -2.16. The summed E-state index contributed by atoms with van der Waals surface area (Å²) in [6, 6.07) is 8.94. The summed E-state index contributed by atoms with van der Waals surface area (Å²) in [5.41, 5.74) is 0.361. The Morgan fingerprint density at radius 1 is 1.03 bits per heavy atom. The van der Waals surface area contributed by atoms with Crippen LogP contribution in [0.15, 0.2) is 47.5 Å². The monoisotopic (exact) mass is 446 g/mol. The molecule has 1 heterocycles. The molecule has 0 radical (unpaired) electrons. The van der Waals surface area contributed by atoms with E-state index in [0.717, 1.165) is 0 Å². The van der Waals surface area contributed by atoms with Crippen LogP contribution in [0.3, 0.4) is 0 Å². The number of carbonyl (C=O) groups is 1. The highest BCUT2D eigenvalue weighted by Crippen LogP contribution is 2.36. The summed E-state index contributed by atoms with van der Waals surface area (Å²) < 4.78 is 49.8. The minimum absolute atomic E-state index is 0.0181. The second kappa shape index (κ2) is 9.09. The van der Waals surface area contributed by atoms with Gasteiger partial charge in [-0.2, -0.15) is 0 Å². The number of hydrogen-bond acceptors (Lipinski definition) is 8. The van der Waals surface area contributed by atoms with Crippen molar-refractivity contribution in [3.63, 3.8) is 0 Å². The summed E-state index contributed by atoms with van der Waals surface area (Å²) in [6.45, 7) is 2.23. The molecule has 31 heavy (non-hydrogen) atoms. The number of anilines is 1. The molecule has 0 saturated heterocycles. The maximum Gasteiger partial charge on any atom is 0.340 e. The van der Waals surface area contributed by atoms with Gasteiger partial charge < -0.3 is 18.9 Å². The number of sulfonamides is 1. The van der Waals surface area contributed by atoms with Crippen LogP contribution in [-0.4, -0.2) is 47.3 Å². The zero-order valence-electron chi connectivity index (χ0n) is 17.5. The predicted octanol–water partition coefficient (Wildman–Crippen LogP) is 3.24. The van der Waals surface area contributed by atoms with E-state index in [1.165, 1.54) is 39.5 Å². The van der Waals surface area contributed by atoms with E-state index in [4.69, 9.17) is 18.9 Å². The van der Waals surface area contributed by atoms with Crippen LogP contribution < -0.4 is 18.9 Å². The van der Waals surface area contributed by atoms with Gasteiger partial charge in [-0.15, -0.1) is 0 Å². The van der Waals surface area contributed by atoms with Gasteiger partial charge in [0, 0.05) is 23.7 Å². The third-order valence-corrected chi connectivity index (χ3v) is 5.88. The fourth-order valence-electron chi connectivity index (χ4n) is 3.07. The number of hydrogen-bond donors (Lipinski definition) is 1. The van der Waals surface area contributed by atoms with Crippen molar-refractivity contribution in [1.82, 2.24) is 4.98 Å². The average molecular weight is 446 g/mol. The lowest BCUT2D eigenvalue weighted by Crippen LogP contribution is -2.17. The van der Waals surface area contributed by atoms with Gasteiger partial charge in [-0.05, 0) is 31.2 Å². The molecule has 9 nitrogen and oxygen atoms in total. The molecule has 0 aliphatic carbocycles. The summed E-state index contributed by atoms with van der Waals surface area (Å²) in [6.07, 6.45) is 1.55. The number of esters is 1. The van der Waals surface area contributed by atoms with Crippen LogP contribution in [0, 0.1) is 0 Å². The molecule has 0 unspecified atom stereocenters. The predicted molar refractivity (Wildman–Crippen MR) is 115 cm³/mol. The van der Waals surface area contributed by atoms with E-state index in [2.05, 4.69) is 9.71 Å². The third-order valence-electron chi connectivity index (χ3n) is 4.46. The number of methoxy groups -OCH3 is 3. The number of nitrogens with one attached hydrogen (secondary N) is 1. The van der Waals surface area contributed by atoms with Crippen LogP contribution in [-0.2, 0) is 14.8 Å². The number of nitrogens with zero attached hydrogens (tertiary/aromatic N) is 1. The van der Waals surface area contributed by atoms with Crippen molar-refractivity contribution in [1.29, 1.82) is 0 Å². The van der Waals surface area contributed by atoms with E-state index >= 15 is 0 Å². The second-order valence-corrected chi connectivity index (χ2v) is 7.90. The van der Waals surface area contributed by atoms with E-state index in [-0.39, 0.29) is 27.6 Å². The van der Waals surface area contributed by atoms with Crippen molar-refractivity contribution in [3.8, 4) is 17.2 Å². The molecule has 10 heteroatoms. The highest BCUT2D eigenvalue weighted by Gasteiger charge is 2.24. The molecule has 3 aromatic rings. The van der Waals surface area contributed by atoms with Gasteiger partial charge in [0.2, 0.25) is 0 Å². The highest BCUT2D eigenvalue weighted by molar-refractivity contribution is 7.93. The third kappa shape index (κ3) is 4.33. The maximum absolute atomic E-state index is 13.3. The standard InChI is InChI=1S/C21H22N2O7S/c1-5-30-16-8-9-19(13-7-6-10-22-20(13)16)31(25,26)23-15-12-18(28-3)17(27-2)11-14(15)21(24)29-4/h6-12,23H,5H2,1-4H3. The van der Waals surface area contributed by atoms with Crippen molar-refractivity contribution >= 4 is 32.6 Å². The van der Waals surface area contributed by atoms with Crippen molar-refractivity contribution in [3.05, 3.63) is 48.2 Å². The summed E-state index contributed by atoms with van der Waals surface area (Å²) in [4.78, 5) is 16.5. The zero-order valence-corrected chi connectivity index (χ0v) is 18.3. The molecule has 1 N–H and O–H groups in total. The van der Waals surface area contributed by atoms with Crippen LogP contribution >= 0.6 is 0 Å². The molecule has 0 bridgehead atoms. The van der Waals surface area contributed by atoms with Crippen molar-refractivity contribution in [2.45, 2.75) is 11.8 Å². The highest BCUT2D eigenvalue weighted by atomic mass is 32.2. The number of rotatable bonds is 8. The van der Waals surface area contributed by atoms with E-state index < -0.39 is 16.0 Å². The number of carbonyl (C=O) groups excluding carboxylic acids is 1. The zero-order chi connectivity index (χ0) is 22.6. The minimum Gasteiger partial charge on any atom is -0.493 e. The number of benzene rings is 2. The van der Waals surface area contributed by atoms with Crippen LogP contribution in [0.5, 0.6) is 17.2 Å². The minimum atomic E-state index is -4.13. The Balaban J connectivity index is 2.15. The first kappa shape index (κ1) is 22.2. The Kier molecular flexibility index (Phi) is 6.50. The lowest BCUT2D eigenvalue weighted by molar-refractivity contribution is 0.0601. The summed E-state index contributed by atoms with van der Waals surface area (Å²) in [5.74, 6) is 0.225. The van der Waals surface area contributed by atoms with E-state index in [1.807, 2.05) is 6.92 Å². The second-order valence-electron chi connectivity index (χ2n) is 6.24. The molecule has 0 amide bonds. The Morgan fingerprint density at radius 2 is 1.74 bits per heavy atom. The smallest absolute Gasteiger partial charge is 0.340 e. The largest absolute Gasteiger partial charge is 0.493 e. The van der Waals surface area contributed by atoms with E-state index in [0.29, 0.717) is 23.3 Å². The number of ether oxygens (including phenoxy) is 4. The summed E-state index contributed by atoms with van der Waals surface area (Å²) in [7, 11) is -0.126. The summed E-state index contributed by atoms with van der Waals surface area (Å²) in [5, 5.41) is 0.376. The van der Waals surface area contributed by atoms with E-state index in [1.54, 1.807) is 24.4 Å². The number of fused-ring (bicyclic) bond motifs is 1. The van der Waals surface area contributed by atoms with Gasteiger partial charge in [-0.3, -0.25) is 9.71 Å². The Hall–Kier alpha value is -3.53. The van der Waals surface area contributed by atoms with E-state index in [9.17, 15) is 13.2 Å². The Bertz CT molecular complexity index is 1230.